The van der Waals surface area contributed by atoms with Gasteiger partial charge in [0.15, 0.2) is 0 Å². The van der Waals surface area contributed by atoms with Crippen LogP contribution in [0.5, 0.6) is 0 Å². The molecule has 1 N–H and O–H groups in total. The van der Waals surface area contributed by atoms with E-state index in [2.05, 4.69) is 15.5 Å². The summed E-state index contributed by atoms with van der Waals surface area (Å²) in [5.74, 6) is 0.216. The Morgan fingerprint density at radius 1 is 1.58 bits per heavy atom. The van der Waals surface area contributed by atoms with Crippen molar-refractivity contribution in [3.05, 3.63) is 5.01 Å². The predicted molar refractivity (Wildman–Crippen MR) is 72.8 cm³/mol. The largest absolute Gasteiger partial charge is 0.382 e. The van der Waals surface area contributed by atoms with Crippen molar-refractivity contribution < 1.29 is 14.3 Å². The highest BCUT2D eigenvalue weighted by atomic mass is 35.5. The van der Waals surface area contributed by atoms with Crippen molar-refractivity contribution in [3.8, 4) is 0 Å². The lowest BCUT2D eigenvalue weighted by atomic mass is 10.3. The molecule has 0 aliphatic carbocycles. The van der Waals surface area contributed by atoms with E-state index in [9.17, 15) is 9.59 Å². The first-order valence-electron chi connectivity index (χ1n) is 5.12. The lowest BCUT2D eigenvalue weighted by Gasteiger charge is -2.24. The van der Waals surface area contributed by atoms with E-state index in [4.69, 9.17) is 27.9 Å². The van der Waals surface area contributed by atoms with Gasteiger partial charge < -0.3 is 9.53 Å². The number of ether oxygens (including phenoxy) is 1. The molecule has 2 amide bonds. The zero-order valence-electron chi connectivity index (χ0n) is 10.0. The van der Waals surface area contributed by atoms with Gasteiger partial charge in [-0.3, -0.25) is 10.2 Å². The van der Waals surface area contributed by atoms with Gasteiger partial charge in [0, 0.05) is 7.11 Å². The number of carbonyl (C=O) groups is 2. The summed E-state index contributed by atoms with van der Waals surface area (Å²) in [6.45, 7) is 0.0622. The number of hydrogen-bond donors (Lipinski definition) is 1. The number of anilines is 1. The second-order valence-corrected chi connectivity index (χ2v) is 4.88. The van der Waals surface area contributed by atoms with Gasteiger partial charge in [0.25, 0.3) is 0 Å². The number of aromatic nitrogens is 2. The molecular formula is C9H12Cl2N4O3S. The molecule has 1 heterocycles. The molecule has 0 aliphatic rings. The monoisotopic (exact) mass is 326 g/mol. The molecule has 0 bridgehead atoms. The van der Waals surface area contributed by atoms with Crippen molar-refractivity contribution in [2.45, 2.75) is 11.9 Å². The van der Waals surface area contributed by atoms with Crippen LogP contribution in [0.4, 0.5) is 9.93 Å². The highest BCUT2D eigenvalue weighted by Crippen LogP contribution is 2.17. The zero-order valence-corrected chi connectivity index (χ0v) is 12.3. The molecule has 1 atom stereocenters. The molecule has 1 rings (SSSR count). The SMILES string of the molecule is COCC(C=O)N(CCl)C(=O)Nc1nnc(CCl)s1. The molecule has 0 spiro atoms. The van der Waals surface area contributed by atoms with E-state index in [0.717, 1.165) is 16.2 Å². The highest BCUT2D eigenvalue weighted by Gasteiger charge is 2.23. The molecule has 0 radical (unpaired) electrons. The summed E-state index contributed by atoms with van der Waals surface area (Å²) < 4.78 is 4.85. The van der Waals surface area contributed by atoms with Crippen LogP contribution in [0, 0.1) is 0 Å². The fourth-order valence-corrected chi connectivity index (χ4v) is 2.27. The molecule has 19 heavy (non-hydrogen) atoms. The van der Waals surface area contributed by atoms with Gasteiger partial charge in [0.2, 0.25) is 5.13 Å². The van der Waals surface area contributed by atoms with Gasteiger partial charge in [-0.05, 0) is 0 Å². The van der Waals surface area contributed by atoms with E-state index in [-0.39, 0.29) is 23.6 Å². The summed E-state index contributed by atoms with van der Waals surface area (Å²) in [6, 6.07) is -1.47. The molecule has 0 fully saturated rings. The molecule has 0 aliphatic heterocycles. The van der Waals surface area contributed by atoms with Crippen LogP contribution in [-0.4, -0.2) is 53.2 Å². The van der Waals surface area contributed by atoms with Crippen molar-refractivity contribution in [1.29, 1.82) is 0 Å². The van der Waals surface area contributed by atoms with Crippen molar-refractivity contribution in [3.63, 3.8) is 0 Å². The number of nitrogens with one attached hydrogen (secondary N) is 1. The van der Waals surface area contributed by atoms with Gasteiger partial charge in [-0.25, -0.2) is 4.79 Å². The van der Waals surface area contributed by atoms with Crippen molar-refractivity contribution in [2.24, 2.45) is 0 Å². The van der Waals surface area contributed by atoms with Crippen LogP contribution in [0.1, 0.15) is 5.01 Å². The van der Waals surface area contributed by atoms with Crippen LogP contribution in [0.2, 0.25) is 0 Å². The molecule has 7 nitrogen and oxygen atoms in total. The smallest absolute Gasteiger partial charge is 0.325 e. The Bertz CT molecular complexity index is 431. The van der Waals surface area contributed by atoms with Gasteiger partial charge in [-0.1, -0.05) is 11.3 Å². The molecular weight excluding hydrogens is 315 g/mol. The molecule has 1 aromatic heterocycles. The van der Waals surface area contributed by atoms with E-state index < -0.39 is 12.1 Å². The van der Waals surface area contributed by atoms with E-state index in [0.29, 0.717) is 11.3 Å². The number of amides is 2. The number of aldehydes is 1. The Balaban J connectivity index is 2.69. The fraction of sp³-hybridized carbons (Fsp3) is 0.556. The lowest BCUT2D eigenvalue weighted by Crippen LogP contribution is -2.45. The van der Waals surface area contributed by atoms with Crippen LogP contribution in [-0.2, 0) is 15.4 Å². The van der Waals surface area contributed by atoms with Gasteiger partial charge in [0.1, 0.15) is 17.3 Å². The minimum Gasteiger partial charge on any atom is -0.382 e. The summed E-state index contributed by atoms with van der Waals surface area (Å²) in [6.07, 6.45) is 0.593. The van der Waals surface area contributed by atoms with E-state index in [1.54, 1.807) is 0 Å². The average Bonchev–Trinajstić information content (AvgIpc) is 2.86. The maximum absolute atomic E-state index is 11.9. The topological polar surface area (TPSA) is 84.4 Å². The van der Waals surface area contributed by atoms with Crippen LogP contribution >= 0.6 is 34.5 Å². The molecule has 0 aromatic carbocycles. The van der Waals surface area contributed by atoms with E-state index in [1.165, 1.54) is 7.11 Å². The fourth-order valence-electron chi connectivity index (χ4n) is 1.19. The molecule has 106 valence electrons. The first-order chi connectivity index (χ1) is 9.15. The summed E-state index contributed by atoms with van der Waals surface area (Å²) in [4.78, 5) is 24.0. The molecule has 0 saturated carbocycles. The van der Waals surface area contributed by atoms with Gasteiger partial charge >= 0.3 is 6.03 Å². The van der Waals surface area contributed by atoms with Gasteiger partial charge in [-0.2, -0.15) is 0 Å². The second-order valence-electron chi connectivity index (χ2n) is 3.31. The third-order valence-electron chi connectivity index (χ3n) is 2.08. The maximum Gasteiger partial charge on any atom is 0.325 e. The first-order valence-corrected chi connectivity index (χ1v) is 7.01. The summed E-state index contributed by atoms with van der Waals surface area (Å²) in [5.41, 5.74) is 0. The number of hydrogen-bond acceptors (Lipinski definition) is 6. The minimum atomic E-state index is -0.761. The minimum absolute atomic E-state index is 0.0622. The normalized spacial score (nSPS) is 11.9. The Morgan fingerprint density at radius 3 is 2.79 bits per heavy atom. The van der Waals surface area contributed by atoms with E-state index in [1.807, 2.05) is 0 Å². The van der Waals surface area contributed by atoms with Crippen LogP contribution in [0.15, 0.2) is 0 Å². The van der Waals surface area contributed by atoms with Crippen LogP contribution in [0.3, 0.4) is 0 Å². The van der Waals surface area contributed by atoms with Gasteiger partial charge in [0.05, 0.1) is 18.5 Å². The third-order valence-corrected chi connectivity index (χ3v) is 3.59. The number of halogens is 2. The second kappa shape index (κ2) is 8.26. The molecule has 1 aromatic rings. The quantitative estimate of drug-likeness (QED) is 0.466. The Kier molecular flexibility index (Phi) is 7.00. The zero-order chi connectivity index (χ0) is 14.3. The standard InChI is InChI=1S/C9H12Cl2N4O3S/c1-18-4-6(3-16)15(5-11)9(17)12-8-14-13-7(2-10)19-8/h3,6H,2,4-5H2,1H3,(H,12,14,17). The van der Waals surface area contributed by atoms with Crippen molar-refractivity contribution >= 4 is 52.0 Å². The Labute approximate surface area is 123 Å². The highest BCUT2D eigenvalue weighted by molar-refractivity contribution is 7.15. The number of rotatable bonds is 7. The van der Waals surface area contributed by atoms with E-state index >= 15 is 0 Å². The predicted octanol–water partition coefficient (Wildman–Crippen LogP) is 1.52. The number of methoxy groups -OCH3 is 1. The number of urea groups is 1. The molecule has 10 heteroatoms. The average molecular weight is 327 g/mol. The van der Waals surface area contributed by atoms with Crippen molar-refractivity contribution in [1.82, 2.24) is 15.1 Å². The maximum atomic E-state index is 11.9. The molecule has 0 saturated heterocycles. The molecule has 1 unspecified atom stereocenters. The number of alkyl halides is 2. The third kappa shape index (κ3) is 4.57. The van der Waals surface area contributed by atoms with Crippen LogP contribution in [0.25, 0.3) is 0 Å². The Morgan fingerprint density at radius 2 is 2.32 bits per heavy atom. The lowest BCUT2D eigenvalue weighted by molar-refractivity contribution is -0.112. The number of nitrogens with zero attached hydrogens (tertiary/aromatic N) is 3. The number of carbonyl (C=O) groups excluding carboxylic acids is 2. The summed E-state index contributed by atoms with van der Waals surface area (Å²) in [5, 5.41) is 10.9. The van der Waals surface area contributed by atoms with Crippen LogP contribution < -0.4 is 5.32 Å². The van der Waals surface area contributed by atoms with Crippen molar-refractivity contribution in [2.75, 3.05) is 25.0 Å². The first kappa shape index (κ1) is 16.1. The Hall–Kier alpha value is -0.960. The summed E-state index contributed by atoms with van der Waals surface area (Å²) >= 11 is 12.4. The summed E-state index contributed by atoms with van der Waals surface area (Å²) in [7, 11) is 1.43. The van der Waals surface area contributed by atoms with Gasteiger partial charge in [-0.15, -0.1) is 33.4 Å².